The number of aromatic amines is 2. The van der Waals surface area contributed by atoms with Gasteiger partial charge in [0.25, 0.3) is 0 Å². The summed E-state index contributed by atoms with van der Waals surface area (Å²) >= 11 is 0. The van der Waals surface area contributed by atoms with Gasteiger partial charge in [-0.1, -0.05) is 13.8 Å². The Kier molecular flexibility index (Phi) is 4.35. The van der Waals surface area contributed by atoms with Gasteiger partial charge in [-0.05, 0) is 66.1 Å². The predicted octanol–water partition coefficient (Wildman–Crippen LogP) is 6.62. The van der Waals surface area contributed by atoms with Crippen LogP contribution in [0.5, 0.6) is 0 Å². The highest BCUT2D eigenvalue weighted by Gasteiger charge is 2.25. The highest BCUT2D eigenvalue weighted by Crippen LogP contribution is 2.44. The van der Waals surface area contributed by atoms with E-state index in [1.54, 1.807) is 30.5 Å². The maximum atomic E-state index is 13.8. The van der Waals surface area contributed by atoms with Crippen molar-refractivity contribution in [2.75, 3.05) is 0 Å². The minimum atomic E-state index is -0.984. The lowest BCUT2D eigenvalue weighted by Gasteiger charge is -2.16. The maximum Gasteiger partial charge on any atom is 0.335 e. The van der Waals surface area contributed by atoms with E-state index in [1.165, 1.54) is 12.1 Å². The molecular formula is C27H21FN4O2. The highest BCUT2D eigenvalue weighted by atomic mass is 19.1. The van der Waals surface area contributed by atoms with Crippen LogP contribution in [0.2, 0.25) is 0 Å². The summed E-state index contributed by atoms with van der Waals surface area (Å²) in [7, 11) is 0. The third-order valence-electron chi connectivity index (χ3n) is 6.38. The number of benzene rings is 3. The molecular weight excluding hydrogens is 431 g/mol. The molecule has 0 aliphatic carbocycles. The van der Waals surface area contributed by atoms with Crippen molar-refractivity contribution in [2.24, 2.45) is 0 Å². The van der Waals surface area contributed by atoms with Crippen molar-refractivity contribution < 1.29 is 14.3 Å². The quantitative estimate of drug-likeness (QED) is 0.281. The van der Waals surface area contributed by atoms with Gasteiger partial charge in [-0.25, -0.2) is 9.18 Å². The van der Waals surface area contributed by atoms with Crippen LogP contribution in [0, 0.1) is 5.82 Å². The Hall–Kier alpha value is -4.39. The van der Waals surface area contributed by atoms with E-state index in [4.69, 9.17) is 0 Å². The largest absolute Gasteiger partial charge is 0.478 e. The van der Waals surface area contributed by atoms with Gasteiger partial charge >= 0.3 is 5.97 Å². The van der Waals surface area contributed by atoms with E-state index in [-0.39, 0.29) is 17.3 Å². The summed E-state index contributed by atoms with van der Waals surface area (Å²) in [6.45, 7) is 4.22. The first-order valence-electron chi connectivity index (χ1n) is 11.0. The second-order valence-electron chi connectivity index (χ2n) is 8.82. The Morgan fingerprint density at radius 1 is 1.03 bits per heavy atom. The summed E-state index contributed by atoms with van der Waals surface area (Å²) < 4.78 is 15.9. The van der Waals surface area contributed by atoms with Crippen LogP contribution in [-0.2, 0) is 0 Å². The summed E-state index contributed by atoms with van der Waals surface area (Å²) in [5, 5.41) is 19.9. The molecule has 3 aromatic carbocycles. The molecule has 0 unspecified atom stereocenters. The first-order valence-corrected chi connectivity index (χ1v) is 11.0. The van der Waals surface area contributed by atoms with Crippen molar-refractivity contribution in [1.82, 2.24) is 19.7 Å². The number of carbonyl (C=O) groups is 1. The predicted molar refractivity (Wildman–Crippen MR) is 131 cm³/mol. The molecule has 6 nitrogen and oxygen atoms in total. The number of aromatic carboxylic acids is 1. The Morgan fingerprint density at radius 3 is 2.56 bits per heavy atom. The van der Waals surface area contributed by atoms with Crippen LogP contribution >= 0.6 is 0 Å². The number of fused-ring (bicyclic) bond motifs is 3. The molecule has 0 bridgehead atoms. The van der Waals surface area contributed by atoms with E-state index in [1.807, 2.05) is 12.3 Å². The molecule has 0 saturated carbocycles. The third-order valence-corrected chi connectivity index (χ3v) is 6.38. The van der Waals surface area contributed by atoms with E-state index >= 15 is 0 Å². The van der Waals surface area contributed by atoms with Crippen LogP contribution in [0.3, 0.4) is 0 Å². The van der Waals surface area contributed by atoms with Gasteiger partial charge in [0, 0.05) is 44.8 Å². The SMILES string of the molecule is CC(C)c1c(-c2cc(C(=O)O)cc3[nH]ccc23)c2cc3[nH]ncc3cc2n1-c1ccc(F)cc1. The van der Waals surface area contributed by atoms with Crippen LogP contribution in [0.4, 0.5) is 4.39 Å². The van der Waals surface area contributed by atoms with Gasteiger partial charge in [0.15, 0.2) is 0 Å². The van der Waals surface area contributed by atoms with Crippen molar-refractivity contribution in [3.63, 3.8) is 0 Å². The van der Waals surface area contributed by atoms with E-state index in [9.17, 15) is 14.3 Å². The standard InChI is InChI=1S/C27H21FN4O2/c1-14(2)26-25(20-9-15(27(33)34)10-23-19(20)7-8-29-23)21-12-22-16(13-30-31-22)11-24(21)32(26)18-5-3-17(28)4-6-18/h3-14,29H,1-2H3,(H,30,31)(H,33,34). The highest BCUT2D eigenvalue weighted by molar-refractivity contribution is 6.11. The fourth-order valence-electron chi connectivity index (χ4n) is 4.94. The third kappa shape index (κ3) is 2.94. The lowest BCUT2D eigenvalue weighted by molar-refractivity contribution is 0.0697. The van der Waals surface area contributed by atoms with E-state index in [2.05, 4.69) is 45.7 Å². The van der Waals surface area contributed by atoms with Gasteiger partial charge < -0.3 is 14.7 Å². The molecule has 0 amide bonds. The molecule has 0 saturated heterocycles. The first-order chi connectivity index (χ1) is 16.4. The molecule has 0 aliphatic heterocycles. The van der Waals surface area contributed by atoms with Crippen LogP contribution in [0.15, 0.2) is 67.0 Å². The number of halogens is 1. The Balaban J connectivity index is 1.82. The molecule has 3 heterocycles. The average molecular weight is 452 g/mol. The zero-order chi connectivity index (χ0) is 23.6. The number of carboxylic acid groups (broad SMARTS) is 1. The fraction of sp³-hybridized carbons (Fsp3) is 0.111. The minimum Gasteiger partial charge on any atom is -0.478 e. The molecule has 168 valence electrons. The second-order valence-corrected chi connectivity index (χ2v) is 8.82. The monoisotopic (exact) mass is 452 g/mol. The van der Waals surface area contributed by atoms with Crippen molar-refractivity contribution in [3.05, 3.63) is 84.1 Å². The van der Waals surface area contributed by atoms with Crippen molar-refractivity contribution in [3.8, 4) is 16.8 Å². The Labute approximate surface area is 193 Å². The molecule has 3 aromatic heterocycles. The second kappa shape index (κ2) is 7.31. The zero-order valence-electron chi connectivity index (χ0n) is 18.6. The van der Waals surface area contributed by atoms with E-state index in [0.717, 1.165) is 55.2 Å². The lowest BCUT2D eigenvalue weighted by atomic mass is 9.93. The maximum absolute atomic E-state index is 13.8. The number of hydrogen-bond acceptors (Lipinski definition) is 2. The lowest BCUT2D eigenvalue weighted by Crippen LogP contribution is -2.04. The molecule has 0 aliphatic rings. The van der Waals surface area contributed by atoms with Gasteiger partial charge in [0.1, 0.15) is 5.82 Å². The summed E-state index contributed by atoms with van der Waals surface area (Å²) in [6.07, 6.45) is 3.60. The zero-order valence-corrected chi connectivity index (χ0v) is 18.6. The number of nitrogens with one attached hydrogen (secondary N) is 2. The number of aromatic nitrogens is 4. The fourth-order valence-corrected chi connectivity index (χ4v) is 4.94. The topological polar surface area (TPSA) is 86.7 Å². The molecule has 34 heavy (non-hydrogen) atoms. The van der Waals surface area contributed by atoms with Crippen LogP contribution in [-0.4, -0.2) is 30.8 Å². The van der Waals surface area contributed by atoms with Gasteiger partial charge in [-0.15, -0.1) is 0 Å². The van der Waals surface area contributed by atoms with Crippen LogP contribution in [0.1, 0.15) is 35.8 Å². The van der Waals surface area contributed by atoms with Gasteiger partial charge in [0.2, 0.25) is 0 Å². The van der Waals surface area contributed by atoms with E-state index in [0.29, 0.717) is 0 Å². The minimum absolute atomic E-state index is 0.0893. The van der Waals surface area contributed by atoms with Crippen LogP contribution < -0.4 is 0 Å². The summed E-state index contributed by atoms with van der Waals surface area (Å²) in [5.74, 6) is -1.19. The van der Waals surface area contributed by atoms with E-state index < -0.39 is 5.97 Å². The summed E-state index contributed by atoms with van der Waals surface area (Å²) in [6, 6.07) is 15.9. The van der Waals surface area contributed by atoms with Gasteiger partial charge in [-0.2, -0.15) is 5.10 Å². The first kappa shape index (κ1) is 20.2. The number of H-pyrrole nitrogens is 2. The average Bonchev–Trinajstić information content (AvgIpc) is 3.54. The number of nitrogens with zero attached hydrogens (tertiary/aromatic N) is 2. The number of rotatable bonds is 4. The summed E-state index contributed by atoms with van der Waals surface area (Å²) in [5.41, 5.74) is 6.46. The molecule has 6 rings (SSSR count). The van der Waals surface area contributed by atoms with Gasteiger partial charge in [-0.3, -0.25) is 5.10 Å². The molecule has 0 radical (unpaired) electrons. The Bertz CT molecular complexity index is 1720. The molecule has 6 aromatic rings. The molecule has 0 spiro atoms. The molecule has 7 heteroatoms. The van der Waals surface area contributed by atoms with Crippen LogP contribution in [0.25, 0.3) is 49.5 Å². The molecule has 3 N–H and O–H groups in total. The molecule has 0 fully saturated rings. The normalized spacial score (nSPS) is 11.9. The smallest absolute Gasteiger partial charge is 0.335 e. The van der Waals surface area contributed by atoms with Crippen molar-refractivity contribution in [1.29, 1.82) is 0 Å². The van der Waals surface area contributed by atoms with Crippen molar-refractivity contribution >= 4 is 38.7 Å². The number of hydrogen-bond donors (Lipinski definition) is 3. The molecule has 0 atom stereocenters. The number of carboxylic acids is 1. The van der Waals surface area contributed by atoms with Gasteiger partial charge in [0.05, 0.1) is 22.8 Å². The van der Waals surface area contributed by atoms with Crippen molar-refractivity contribution in [2.45, 2.75) is 19.8 Å². The Morgan fingerprint density at radius 2 is 1.82 bits per heavy atom. The summed E-state index contributed by atoms with van der Waals surface area (Å²) in [4.78, 5) is 15.1.